The van der Waals surface area contributed by atoms with Gasteiger partial charge in [-0.05, 0) is 31.5 Å². The quantitative estimate of drug-likeness (QED) is 0.677. The highest BCUT2D eigenvalue weighted by Gasteiger charge is 2.19. The van der Waals surface area contributed by atoms with Crippen LogP contribution in [0.15, 0.2) is 22.6 Å². The number of aromatic nitrogens is 1. The Morgan fingerprint density at radius 1 is 1.60 bits per heavy atom. The van der Waals surface area contributed by atoms with Crippen molar-refractivity contribution < 1.29 is 9.34 Å². The monoisotopic (exact) mass is 276 g/mol. The van der Waals surface area contributed by atoms with Crippen molar-refractivity contribution in [2.24, 2.45) is 5.92 Å². The molecule has 20 heavy (non-hydrogen) atoms. The number of anilines is 1. The standard InChI is InChI=1S/C13H16N4O3/c1-16(8-9-4-5-14-7-9)13-15-11-6-10(17(18)19)2-3-12(11)20-13/h2-3,6,9,14H,4-5,7-8H2,1H3/t9-/m1/s1. The first-order valence-corrected chi connectivity index (χ1v) is 6.60. The van der Waals surface area contributed by atoms with Crippen molar-refractivity contribution in [2.75, 3.05) is 31.6 Å². The number of non-ortho nitro benzene ring substituents is 1. The molecule has 0 amide bonds. The van der Waals surface area contributed by atoms with E-state index < -0.39 is 4.92 Å². The van der Waals surface area contributed by atoms with Crippen LogP contribution in [0.1, 0.15) is 6.42 Å². The Labute approximate surface area is 115 Å². The zero-order valence-electron chi connectivity index (χ0n) is 11.2. The lowest BCUT2D eigenvalue weighted by Crippen LogP contribution is -2.26. The SMILES string of the molecule is CN(C[C@@H]1CCNC1)c1nc2cc([N+](=O)[O-])ccc2o1. The van der Waals surface area contributed by atoms with Gasteiger partial charge in [-0.15, -0.1) is 0 Å². The predicted molar refractivity (Wildman–Crippen MR) is 74.9 cm³/mol. The summed E-state index contributed by atoms with van der Waals surface area (Å²) in [5.41, 5.74) is 1.12. The van der Waals surface area contributed by atoms with Gasteiger partial charge >= 0.3 is 0 Å². The minimum absolute atomic E-state index is 0.0278. The van der Waals surface area contributed by atoms with Crippen molar-refractivity contribution >= 4 is 22.8 Å². The Hall–Kier alpha value is -2.15. The lowest BCUT2D eigenvalue weighted by Gasteiger charge is -2.18. The van der Waals surface area contributed by atoms with Crippen molar-refractivity contribution in [3.63, 3.8) is 0 Å². The Morgan fingerprint density at radius 2 is 2.45 bits per heavy atom. The van der Waals surface area contributed by atoms with Crippen molar-refractivity contribution in [3.05, 3.63) is 28.3 Å². The number of benzene rings is 1. The molecule has 2 aromatic rings. The molecule has 3 rings (SSSR count). The van der Waals surface area contributed by atoms with Crippen molar-refractivity contribution in [3.8, 4) is 0 Å². The second-order valence-electron chi connectivity index (χ2n) is 5.14. The molecule has 1 aliphatic rings. The zero-order chi connectivity index (χ0) is 14.1. The van der Waals surface area contributed by atoms with Gasteiger partial charge in [0.2, 0.25) is 0 Å². The third-order valence-electron chi connectivity index (χ3n) is 3.59. The van der Waals surface area contributed by atoms with Gasteiger partial charge < -0.3 is 14.6 Å². The number of nitrogens with one attached hydrogen (secondary N) is 1. The number of rotatable bonds is 4. The van der Waals surface area contributed by atoms with Gasteiger partial charge in [-0.25, -0.2) is 0 Å². The van der Waals surface area contributed by atoms with E-state index in [1.165, 1.54) is 12.1 Å². The third-order valence-corrected chi connectivity index (χ3v) is 3.59. The van der Waals surface area contributed by atoms with Crippen LogP contribution >= 0.6 is 0 Å². The van der Waals surface area contributed by atoms with Crippen LogP contribution in [-0.4, -0.2) is 36.6 Å². The van der Waals surface area contributed by atoms with Crippen LogP contribution in [0.4, 0.5) is 11.7 Å². The molecule has 0 spiro atoms. The van der Waals surface area contributed by atoms with Crippen LogP contribution in [0, 0.1) is 16.0 Å². The Morgan fingerprint density at radius 3 is 3.15 bits per heavy atom. The summed E-state index contributed by atoms with van der Waals surface area (Å²) in [6.07, 6.45) is 1.15. The van der Waals surface area contributed by atoms with Gasteiger partial charge in [0, 0.05) is 25.7 Å². The summed E-state index contributed by atoms with van der Waals surface area (Å²) in [5.74, 6) is 0.587. The van der Waals surface area contributed by atoms with E-state index in [4.69, 9.17) is 4.42 Å². The lowest BCUT2D eigenvalue weighted by molar-refractivity contribution is -0.384. The average molecular weight is 276 g/mol. The van der Waals surface area contributed by atoms with Gasteiger partial charge in [0.1, 0.15) is 5.52 Å². The van der Waals surface area contributed by atoms with E-state index in [9.17, 15) is 10.1 Å². The molecule has 1 N–H and O–H groups in total. The number of nitro benzene ring substituents is 1. The second-order valence-corrected chi connectivity index (χ2v) is 5.14. The first-order chi connectivity index (χ1) is 9.63. The number of nitrogens with zero attached hydrogens (tertiary/aromatic N) is 3. The van der Waals surface area contributed by atoms with E-state index in [0.29, 0.717) is 23.0 Å². The van der Waals surface area contributed by atoms with Crippen molar-refractivity contribution in [1.29, 1.82) is 0 Å². The molecule has 0 unspecified atom stereocenters. The van der Waals surface area contributed by atoms with Crippen LogP contribution in [0.5, 0.6) is 0 Å². The van der Waals surface area contributed by atoms with Crippen molar-refractivity contribution in [2.45, 2.75) is 6.42 Å². The molecule has 1 aromatic carbocycles. The average Bonchev–Trinajstić information content (AvgIpc) is 3.05. The fraction of sp³-hybridized carbons (Fsp3) is 0.462. The Balaban J connectivity index is 1.82. The first kappa shape index (κ1) is 12.9. The van der Waals surface area contributed by atoms with Gasteiger partial charge in [-0.3, -0.25) is 10.1 Å². The number of fused-ring (bicyclic) bond motifs is 1. The Bertz CT molecular complexity index is 634. The van der Waals surface area contributed by atoms with Crippen LogP contribution in [0.2, 0.25) is 0 Å². The summed E-state index contributed by atoms with van der Waals surface area (Å²) in [7, 11) is 1.93. The van der Waals surface area contributed by atoms with E-state index in [0.717, 1.165) is 26.1 Å². The maximum Gasteiger partial charge on any atom is 0.298 e. The molecular formula is C13H16N4O3. The molecule has 2 heterocycles. The summed E-state index contributed by atoms with van der Waals surface area (Å²) >= 11 is 0. The summed E-state index contributed by atoms with van der Waals surface area (Å²) in [4.78, 5) is 16.6. The number of oxazole rings is 1. The number of hydrogen-bond acceptors (Lipinski definition) is 6. The molecule has 0 radical (unpaired) electrons. The summed E-state index contributed by atoms with van der Waals surface area (Å²) in [6, 6.07) is 4.97. The predicted octanol–water partition coefficient (Wildman–Crippen LogP) is 1.78. The highest BCUT2D eigenvalue weighted by Crippen LogP contribution is 2.25. The molecule has 7 heteroatoms. The molecule has 1 atom stereocenters. The molecule has 1 aliphatic heterocycles. The minimum Gasteiger partial charge on any atom is -0.423 e. The van der Waals surface area contributed by atoms with Crippen LogP contribution in [0.25, 0.3) is 11.1 Å². The molecule has 0 bridgehead atoms. The van der Waals surface area contributed by atoms with Gasteiger partial charge in [-0.1, -0.05) is 0 Å². The largest absolute Gasteiger partial charge is 0.423 e. The smallest absolute Gasteiger partial charge is 0.298 e. The highest BCUT2D eigenvalue weighted by molar-refractivity contribution is 5.77. The first-order valence-electron chi connectivity index (χ1n) is 6.60. The van der Waals surface area contributed by atoms with Gasteiger partial charge in [0.25, 0.3) is 11.7 Å². The third kappa shape index (κ3) is 2.44. The molecular weight excluding hydrogens is 260 g/mol. The number of hydrogen-bond donors (Lipinski definition) is 1. The van der Waals surface area contributed by atoms with Crippen LogP contribution in [-0.2, 0) is 0 Å². The Kier molecular flexibility index (Phi) is 3.27. The zero-order valence-corrected chi connectivity index (χ0v) is 11.2. The molecule has 1 saturated heterocycles. The summed E-state index contributed by atoms with van der Waals surface area (Å²) in [5, 5.41) is 14.1. The lowest BCUT2D eigenvalue weighted by atomic mass is 10.1. The van der Waals surface area contributed by atoms with E-state index in [2.05, 4.69) is 10.3 Å². The molecule has 0 saturated carbocycles. The summed E-state index contributed by atoms with van der Waals surface area (Å²) < 4.78 is 5.65. The van der Waals surface area contributed by atoms with Crippen LogP contribution in [0.3, 0.4) is 0 Å². The second kappa shape index (κ2) is 5.09. The van der Waals surface area contributed by atoms with E-state index in [1.807, 2.05) is 11.9 Å². The fourth-order valence-corrected chi connectivity index (χ4v) is 2.52. The maximum atomic E-state index is 10.7. The molecule has 7 nitrogen and oxygen atoms in total. The molecule has 1 aromatic heterocycles. The fourth-order valence-electron chi connectivity index (χ4n) is 2.52. The van der Waals surface area contributed by atoms with E-state index in [-0.39, 0.29) is 5.69 Å². The number of nitro groups is 1. The summed E-state index contributed by atoms with van der Waals surface area (Å²) in [6.45, 7) is 2.93. The van der Waals surface area contributed by atoms with Gasteiger partial charge in [0.05, 0.1) is 4.92 Å². The van der Waals surface area contributed by atoms with Gasteiger partial charge in [-0.2, -0.15) is 4.98 Å². The molecule has 106 valence electrons. The maximum absolute atomic E-state index is 10.7. The normalized spacial score (nSPS) is 18.6. The van der Waals surface area contributed by atoms with E-state index in [1.54, 1.807) is 6.07 Å². The van der Waals surface area contributed by atoms with Gasteiger partial charge in [0.15, 0.2) is 5.58 Å². The topological polar surface area (TPSA) is 84.4 Å². The minimum atomic E-state index is -0.429. The van der Waals surface area contributed by atoms with E-state index >= 15 is 0 Å². The van der Waals surface area contributed by atoms with Crippen molar-refractivity contribution in [1.82, 2.24) is 10.3 Å². The molecule has 1 fully saturated rings. The molecule has 0 aliphatic carbocycles. The van der Waals surface area contributed by atoms with Crippen LogP contribution < -0.4 is 10.2 Å². The highest BCUT2D eigenvalue weighted by atomic mass is 16.6.